The number of aliphatic imine (C=N–C) groups is 1. The van der Waals surface area contributed by atoms with Crippen molar-refractivity contribution < 1.29 is 4.79 Å². The molecular formula is C14H20Cl2N4O. The standard InChI is InChI=1S/C14H19ClN4O.ClH/c1-2-3-4-5-8-12-17-11-7-6-9-16-14(11)19(18-12)13(20)10-15;/h6-7,9H,2-5,8,10H2,1H3,(H,17,18);1H. The van der Waals surface area contributed by atoms with Gasteiger partial charge < -0.3 is 0 Å². The van der Waals surface area contributed by atoms with Gasteiger partial charge in [-0.05, 0) is 18.6 Å². The number of nitrogens with zero attached hydrogens (tertiary/aromatic N) is 3. The van der Waals surface area contributed by atoms with Crippen molar-refractivity contribution in [3.05, 3.63) is 18.3 Å². The smallest absolute Gasteiger partial charge is 0.262 e. The summed E-state index contributed by atoms with van der Waals surface area (Å²) in [4.78, 5) is 20.6. The fourth-order valence-electron chi connectivity index (χ4n) is 2.07. The normalized spacial score (nSPS) is 12.9. The summed E-state index contributed by atoms with van der Waals surface area (Å²) < 4.78 is 0. The van der Waals surface area contributed by atoms with E-state index in [9.17, 15) is 4.79 Å². The molecule has 1 aliphatic rings. The van der Waals surface area contributed by atoms with Crippen LogP contribution in [0.25, 0.3) is 0 Å². The third-order valence-electron chi connectivity index (χ3n) is 3.11. The van der Waals surface area contributed by atoms with Crippen LogP contribution in [0.15, 0.2) is 23.3 Å². The van der Waals surface area contributed by atoms with Gasteiger partial charge in [0.25, 0.3) is 5.91 Å². The van der Waals surface area contributed by atoms with Gasteiger partial charge in [-0.15, -0.1) is 24.0 Å². The Kier molecular flexibility index (Phi) is 7.47. The van der Waals surface area contributed by atoms with Crippen molar-refractivity contribution in [3.8, 4) is 0 Å². The Morgan fingerprint density at radius 3 is 2.90 bits per heavy atom. The number of amidine groups is 1. The molecule has 1 amide bonds. The Morgan fingerprint density at radius 1 is 1.38 bits per heavy atom. The van der Waals surface area contributed by atoms with Crippen LogP contribution in [0.3, 0.4) is 0 Å². The maximum atomic E-state index is 11.9. The largest absolute Gasteiger partial charge is 0.276 e. The molecule has 0 atom stereocenters. The highest BCUT2D eigenvalue weighted by atomic mass is 35.5. The lowest BCUT2D eigenvalue weighted by Crippen LogP contribution is -2.49. The number of hydrogen-bond acceptors (Lipinski definition) is 4. The van der Waals surface area contributed by atoms with Gasteiger partial charge in [-0.1, -0.05) is 26.2 Å². The second-order valence-electron chi connectivity index (χ2n) is 4.69. The van der Waals surface area contributed by atoms with Crippen molar-refractivity contribution in [2.75, 3.05) is 10.9 Å². The van der Waals surface area contributed by atoms with Crippen LogP contribution in [0.1, 0.15) is 39.0 Å². The second kappa shape index (κ2) is 8.85. The number of halogens is 2. The van der Waals surface area contributed by atoms with Crippen LogP contribution in [0.5, 0.6) is 0 Å². The molecule has 0 bridgehead atoms. The molecule has 0 fully saturated rings. The number of nitrogens with one attached hydrogen (secondary N) is 1. The first kappa shape index (κ1) is 17.7. The first-order valence-electron chi connectivity index (χ1n) is 6.94. The number of unbranched alkanes of at least 4 members (excludes halogenated alkanes) is 3. The van der Waals surface area contributed by atoms with Crippen LogP contribution < -0.4 is 10.4 Å². The average molecular weight is 331 g/mol. The van der Waals surface area contributed by atoms with E-state index >= 15 is 0 Å². The number of carbonyl (C=O) groups is 1. The Labute approximate surface area is 136 Å². The van der Waals surface area contributed by atoms with Crippen LogP contribution in [-0.4, -0.2) is 22.6 Å². The number of amides is 1. The molecular weight excluding hydrogens is 311 g/mol. The SMILES string of the molecule is CCCCCCC1=Nc2cccnc2N(C(=O)CCl)N1.Cl. The van der Waals surface area contributed by atoms with E-state index in [2.05, 4.69) is 22.3 Å². The monoisotopic (exact) mass is 330 g/mol. The first-order valence-corrected chi connectivity index (χ1v) is 7.48. The number of hydrazine groups is 1. The molecule has 0 saturated carbocycles. The summed E-state index contributed by atoms with van der Waals surface area (Å²) in [6.07, 6.45) is 7.09. The number of carbonyl (C=O) groups excluding carboxylic acids is 1. The van der Waals surface area contributed by atoms with E-state index in [0.29, 0.717) is 11.5 Å². The van der Waals surface area contributed by atoms with E-state index in [1.807, 2.05) is 12.1 Å². The van der Waals surface area contributed by atoms with Crippen LogP contribution in [0.4, 0.5) is 11.5 Å². The molecule has 7 heteroatoms. The summed E-state index contributed by atoms with van der Waals surface area (Å²) in [5.74, 6) is 0.981. The summed E-state index contributed by atoms with van der Waals surface area (Å²) in [5.41, 5.74) is 3.73. The number of aromatic nitrogens is 1. The zero-order chi connectivity index (χ0) is 14.4. The van der Waals surface area contributed by atoms with Crippen molar-refractivity contribution in [2.45, 2.75) is 39.0 Å². The van der Waals surface area contributed by atoms with Gasteiger partial charge in [-0.25, -0.2) is 15.0 Å². The molecule has 1 aliphatic heterocycles. The molecule has 0 spiro atoms. The van der Waals surface area contributed by atoms with E-state index < -0.39 is 0 Å². The Balaban J connectivity index is 0.00000220. The topological polar surface area (TPSA) is 57.6 Å². The van der Waals surface area contributed by atoms with Crippen LogP contribution in [0.2, 0.25) is 0 Å². The first-order chi connectivity index (χ1) is 9.76. The van der Waals surface area contributed by atoms with Crippen LogP contribution in [0, 0.1) is 0 Å². The minimum atomic E-state index is -0.229. The van der Waals surface area contributed by atoms with E-state index in [1.54, 1.807) is 6.20 Å². The van der Waals surface area contributed by atoms with Gasteiger partial charge in [0.05, 0.1) is 0 Å². The second-order valence-corrected chi connectivity index (χ2v) is 4.96. The molecule has 2 rings (SSSR count). The van der Waals surface area contributed by atoms with E-state index in [4.69, 9.17) is 11.6 Å². The van der Waals surface area contributed by atoms with Crippen molar-refractivity contribution >= 4 is 47.3 Å². The minimum Gasteiger partial charge on any atom is -0.276 e. The summed E-state index contributed by atoms with van der Waals surface area (Å²) in [5, 5.41) is 1.39. The number of anilines is 1. The predicted octanol–water partition coefficient (Wildman–Crippen LogP) is 3.59. The lowest BCUT2D eigenvalue weighted by Gasteiger charge is -2.28. The van der Waals surface area contributed by atoms with Gasteiger partial charge in [-0.3, -0.25) is 10.2 Å². The highest BCUT2D eigenvalue weighted by Gasteiger charge is 2.24. The molecule has 0 radical (unpaired) electrons. The van der Waals surface area contributed by atoms with Gasteiger partial charge in [-0.2, -0.15) is 0 Å². The van der Waals surface area contributed by atoms with E-state index in [-0.39, 0.29) is 24.2 Å². The minimum absolute atomic E-state index is 0. The van der Waals surface area contributed by atoms with Crippen LogP contribution in [-0.2, 0) is 4.79 Å². The Bertz CT molecular complexity index is 508. The van der Waals surface area contributed by atoms with Crippen molar-refractivity contribution in [3.63, 3.8) is 0 Å². The molecule has 2 heterocycles. The fourth-order valence-corrected chi connectivity index (χ4v) is 2.19. The Hall–Kier alpha value is -1.33. The summed E-state index contributed by atoms with van der Waals surface area (Å²) >= 11 is 5.65. The molecule has 1 N–H and O–H groups in total. The fraction of sp³-hybridized carbons (Fsp3) is 0.500. The maximum absolute atomic E-state index is 11.9. The van der Waals surface area contributed by atoms with Crippen molar-refractivity contribution in [2.24, 2.45) is 4.99 Å². The molecule has 1 aromatic heterocycles. The number of rotatable bonds is 6. The molecule has 0 aliphatic carbocycles. The summed E-state index contributed by atoms with van der Waals surface area (Å²) in [7, 11) is 0. The van der Waals surface area contributed by atoms with Gasteiger partial charge in [0, 0.05) is 12.6 Å². The molecule has 0 aromatic carbocycles. The van der Waals surface area contributed by atoms with Crippen LogP contribution >= 0.6 is 24.0 Å². The number of alkyl halides is 1. The number of pyridine rings is 1. The van der Waals surface area contributed by atoms with Gasteiger partial charge in [0.1, 0.15) is 17.4 Å². The summed E-state index contributed by atoms with van der Waals surface area (Å²) in [6.45, 7) is 2.18. The zero-order valence-corrected chi connectivity index (χ0v) is 13.6. The summed E-state index contributed by atoms with van der Waals surface area (Å²) in [6, 6.07) is 3.66. The maximum Gasteiger partial charge on any atom is 0.262 e. The highest BCUT2D eigenvalue weighted by Crippen LogP contribution is 2.28. The number of hydrogen-bond donors (Lipinski definition) is 1. The van der Waals surface area contributed by atoms with Crippen molar-refractivity contribution in [1.82, 2.24) is 10.4 Å². The van der Waals surface area contributed by atoms with Gasteiger partial charge >= 0.3 is 0 Å². The molecule has 21 heavy (non-hydrogen) atoms. The lowest BCUT2D eigenvalue weighted by atomic mass is 10.1. The molecule has 5 nitrogen and oxygen atoms in total. The molecule has 0 saturated heterocycles. The number of fused-ring (bicyclic) bond motifs is 1. The van der Waals surface area contributed by atoms with E-state index in [0.717, 1.165) is 18.7 Å². The Morgan fingerprint density at radius 2 is 2.19 bits per heavy atom. The van der Waals surface area contributed by atoms with E-state index in [1.165, 1.54) is 24.3 Å². The predicted molar refractivity (Wildman–Crippen MR) is 88.7 cm³/mol. The molecule has 1 aromatic rings. The molecule has 0 unspecified atom stereocenters. The highest BCUT2D eigenvalue weighted by molar-refractivity contribution is 6.29. The van der Waals surface area contributed by atoms with Gasteiger partial charge in [0.2, 0.25) is 0 Å². The zero-order valence-electron chi connectivity index (χ0n) is 12.0. The quantitative estimate of drug-likeness (QED) is 0.640. The molecule has 116 valence electrons. The van der Waals surface area contributed by atoms with Gasteiger partial charge in [0.15, 0.2) is 5.82 Å². The third kappa shape index (κ3) is 4.58. The average Bonchev–Trinajstić information content (AvgIpc) is 2.50. The van der Waals surface area contributed by atoms with Crippen molar-refractivity contribution in [1.29, 1.82) is 0 Å². The third-order valence-corrected chi connectivity index (χ3v) is 3.33. The lowest BCUT2D eigenvalue weighted by molar-refractivity contribution is -0.116.